The van der Waals surface area contributed by atoms with Gasteiger partial charge in [-0.05, 0) is 12.8 Å². The Balaban J connectivity index is -0.000000105. The minimum Gasteiger partial charge on any atom is -1.00 e. The first-order valence-corrected chi connectivity index (χ1v) is 6.15. The predicted molar refractivity (Wildman–Crippen MR) is 71.0 cm³/mol. The zero-order valence-electron chi connectivity index (χ0n) is 13.2. The van der Waals surface area contributed by atoms with Crippen molar-refractivity contribution in [2.45, 2.75) is 32.6 Å². The molecule has 4 heteroatoms. The van der Waals surface area contributed by atoms with Gasteiger partial charge in [0, 0.05) is 0 Å². The van der Waals surface area contributed by atoms with E-state index in [9.17, 15) is 0 Å². The molecule has 0 spiro atoms. The molecule has 0 saturated carbocycles. The third-order valence-corrected chi connectivity index (χ3v) is 1.68. The van der Waals surface area contributed by atoms with Gasteiger partial charge in [0.1, 0.15) is 0 Å². The van der Waals surface area contributed by atoms with E-state index in [0.29, 0.717) is 0 Å². The van der Waals surface area contributed by atoms with E-state index in [4.69, 9.17) is 0 Å². The van der Waals surface area contributed by atoms with E-state index in [-0.39, 0.29) is 29.4 Å². The monoisotopic (exact) mass is 332 g/mol. The van der Waals surface area contributed by atoms with Crippen molar-refractivity contribution in [3.63, 3.8) is 0 Å². The van der Waals surface area contributed by atoms with E-state index >= 15 is 0 Å². The van der Waals surface area contributed by atoms with Crippen LogP contribution in [0.25, 0.3) is 0 Å². The molecule has 0 aromatic rings. The summed E-state index contributed by atoms with van der Waals surface area (Å²) in [5.41, 5.74) is 0. The van der Waals surface area contributed by atoms with Crippen molar-refractivity contribution in [2.24, 2.45) is 0 Å². The van der Waals surface area contributed by atoms with E-state index in [1.54, 1.807) is 0 Å². The van der Waals surface area contributed by atoms with Crippen molar-refractivity contribution in [3.05, 3.63) is 0 Å². The summed E-state index contributed by atoms with van der Waals surface area (Å²) >= 11 is 0. The van der Waals surface area contributed by atoms with Gasteiger partial charge in [0.2, 0.25) is 0 Å². The Labute approximate surface area is 127 Å². The van der Waals surface area contributed by atoms with Crippen LogP contribution in [0, 0.1) is 0 Å². The first-order valence-electron chi connectivity index (χ1n) is 6.15. The first kappa shape index (κ1) is 26.3. The second kappa shape index (κ2) is 13.1. The fourth-order valence-corrected chi connectivity index (χ4v) is 1.01. The maximum Gasteiger partial charge on any atom is 0.0780 e. The van der Waals surface area contributed by atoms with Crippen molar-refractivity contribution in [2.75, 3.05) is 55.9 Å². The Hall–Kier alpha value is 0.690. The van der Waals surface area contributed by atoms with E-state index in [1.807, 2.05) is 0 Å². The third kappa shape index (κ3) is 60.9. The molecule has 0 atom stereocenters. The van der Waals surface area contributed by atoms with Crippen LogP contribution in [0.4, 0.5) is 0 Å². The predicted octanol–water partition coefficient (Wildman–Crippen LogP) is -3.40. The molecule has 0 saturated heterocycles. The Bertz CT molecular complexity index is 133. The minimum absolute atomic E-state index is 0. The SMILES string of the molecule is CCCCCC[N+](C)(C)C.C[N+](C)(C)C.[Br-].[Cl-]. The van der Waals surface area contributed by atoms with Gasteiger partial charge < -0.3 is 38.4 Å². The molecule has 2 nitrogen and oxygen atoms in total. The van der Waals surface area contributed by atoms with Crippen LogP contribution in [0.3, 0.4) is 0 Å². The molecule has 0 aromatic heterocycles. The Kier molecular flexibility index (Phi) is 20.3. The largest absolute Gasteiger partial charge is 1.00 e. The lowest BCUT2D eigenvalue weighted by Gasteiger charge is -2.23. The van der Waals surface area contributed by atoms with Crippen molar-refractivity contribution in [1.29, 1.82) is 0 Å². The maximum atomic E-state index is 2.26. The van der Waals surface area contributed by atoms with Crippen molar-refractivity contribution in [1.82, 2.24) is 0 Å². The Morgan fingerprint density at radius 1 is 0.706 bits per heavy atom. The normalized spacial score (nSPS) is 10.6. The zero-order valence-corrected chi connectivity index (χ0v) is 15.5. The molecule has 0 bridgehead atoms. The summed E-state index contributed by atoms with van der Waals surface area (Å²) in [4.78, 5) is 0. The molecule has 0 aliphatic rings. The molecular weight excluding hydrogens is 300 g/mol. The van der Waals surface area contributed by atoms with Gasteiger partial charge in [0.15, 0.2) is 0 Å². The van der Waals surface area contributed by atoms with Crippen LogP contribution < -0.4 is 29.4 Å². The van der Waals surface area contributed by atoms with E-state index in [2.05, 4.69) is 56.3 Å². The summed E-state index contributed by atoms with van der Waals surface area (Å²) < 4.78 is 2.11. The molecule has 110 valence electrons. The Morgan fingerprint density at radius 2 is 1.06 bits per heavy atom. The topological polar surface area (TPSA) is 0 Å². The van der Waals surface area contributed by atoms with Crippen molar-refractivity contribution >= 4 is 0 Å². The zero-order chi connectivity index (χ0) is 12.5. The highest BCUT2D eigenvalue weighted by atomic mass is 79.9. The average molecular weight is 334 g/mol. The van der Waals surface area contributed by atoms with Crippen LogP contribution in [0.15, 0.2) is 0 Å². The molecule has 0 heterocycles. The van der Waals surface area contributed by atoms with Crippen LogP contribution in [-0.2, 0) is 0 Å². The summed E-state index contributed by atoms with van der Waals surface area (Å²) in [5.74, 6) is 0. The van der Waals surface area contributed by atoms with Gasteiger partial charge in [0.05, 0.1) is 55.9 Å². The highest BCUT2D eigenvalue weighted by molar-refractivity contribution is 4.38. The summed E-state index contributed by atoms with van der Waals surface area (Å²) in [7, 11) is 15.3. The molecule has 0 unspecified atom stereocenters. The second-order valence-corrected chi connectivity index (χ2v) is 6.76. The van der Waals surface area contributed by atoms with Crippen LogP contribution in [-0.4, -0.2) is 64.8 Å². The molecule has 0 amide bonds. The van der Waals surface area contributed by atoms with Gasteiger partial charge in [-0.1, -0.05) is 19.8 Å². The average Bonchev–Trinajstić information content (AvgIpc) is 1.93. The molecule has 17 heavy (non-hydrogen) atoms. The van der Waals surface area contributed by atoms with E-state index < -0.39 is 0 Å². The van der Waals surface area contributed by atoms with E-state index in [1.165, 1.54) is 32.2 Å². The van der Waals surface area contributed by atoms with Crippen LogP contribution in [0.2, 0.25) is 0 Å². The number of hydrogen-bond acceptors (Lipinski definition) is 0. The van der Waals surface area contributed by atoms with Gasteiger partial charge in [-0.3, -0.25) is 0 Å². The van der Waals surface area contributed by atoms with Gasteiger partial charge in [-0.25, -0.2) is 0 Å². The lowest BCUT2D eigenvalue weighted by molar-refractivity contribution is -0.870. The molecule has 0 aliphatic heterocycles. The number of unbranched alkanes of at least 4 members (excludes halogenated alkanes) is 3. The maximum absolute atomic E-state index is 2.26. The van der Waals surface area contributed by atoms with Crippen LogP contribution in [0.1, 0.15) is 32.6 Å². The molecule has 0 fully saturated rings. The van der Waals surface area contributed by atoms with E-state index in [0.717, 1.165) is 8.97 Å². The fourth-order valence-electron chi connectivity index (χ4n) is 1.01. The van der Waals surface area contributed by atoms with Gasteiger partial charge in [-0.15, -0.1) is 0 Å². The molecule has 0 N–H and O–H groups in total. The van der Waals surface area contributed by atoms with Crippen LogP contribution in [0.5, 0.6) is 0 Å². The number of rotatable bonds is 5. The molecule has 0 aliphatic carbocycles. The number of halogens is 2. The first-order chi connectivity index (χ1) is 6.56. The summed E-state index contributed by atoms with van der Waals surface area (Å²) in [6, 6.07) is 0. The number of quaternary nitrogens is 2. The number of nitrogens with zero attached hydrogens (tertiary/aromatic N) is 2. The van der Waals surface area contributed by atoms with Crippen molar-refractivity contribution < 1.29 is 38.4 Å². The summed E-state index contributed by atoms with van der Waals surface area (Å²) in [5, 5.41) is 0. The Morgan fingerprint density at radius 3 is 1.29 bits per heavy atom. The lowest BCUT2D eigenvalue weighted by atomic mass is 10.2. The standard InChI is InChI=1S/C9H22N.C4H12N.BrH.ClH/c1-5-6-7-8-9-10(2,3)4;1-5(2,3)4;;/h5-9H2,1-4H3;1-4H3;2*1H/q2*+1;;/p-2. The number of hydrogen-bond donors (Lipinski definition) is 0. The summed E-state index contributed by atoms with van der Waals surface area (Å²) in [6.07, 6.45) is 5.54. The summed E-state index contributed by atoms with van der Waals surface area (Å²) in [6.45, 7) is 3.58. The second-order valence-electron chi connectivity index (χ2n) is 6.76. The van der Waals surface area contributed by atoms with Gasteiger partial charge >= 0.3 is 0 Å². The quantitative estimate of drug-likeness (QED) is 0.364. The highest BCUT2D eigenvalue weighted by Gasteiger charge is 2.04. The smallest absolute Gasteiger partial charge is 0.0780 e. The molecule has 0 radical (unpaired) electrons. The molecular formula is C13H34BrClN2. The van der Waals surface area contributed by atoms with Gasteiger partial charge in [0.25, 0.3) is 0 Å². The molecule has 0 rings (SSSR count). The highest BCUT2D eigenvalue weighted by Crippen LogP contribution is 2.01. The minimum atomic E-state index is 0. The lowest BCUT2D eigenvalue weighted by Crippen LogP contribution is -3.00. The van der Waals surface area contributed by atoms with Crippen molar-refractivity contribution in [3.8, 4) is 0 Å². The van der Waals surface area contributed by atoms with Gasteiger partial charge in [-0.2, -0.15) is 0 Å². The van der Waals surface area contributed by atoms with Crippen LogP contribution >= 0.6 is 0 Å². The molecule has 0 aromatic carbocycles. The third-order valence-electron chi connectivity index (χ3n) is 1.68. The fraction of sp³-hybridized carbons (Fsp3) is 1.00.